The van der Waals surface area contributed by atoms with Crippen molar-refractivity contribution in [1.29, 1.82) is 0 Å². The highest BCUT2D eigenvalue weighted by molar-refractivity contribution is 9.10. The van der Waals surface area contributed by atoms with E-state index in [4.69, 9.17) is 0 Å². The van der Waals surface area contributed by atoms with Crippen molar-refractivity contribution in [2.45, 2.75) is 23.5 Å². The van der Waals surface area contributed by atoms with Gasteiger partial charge in [0.05, 0.1) is 4.90 Å². The second kappa shape index (κ2) is 7.18. The summed E-state index contributed by atoms with van der Waals surface area (Å²) in [5.41, 5.74) is 0.912. The fourth-order valence-electron chi connectivity index (χ4n) is 2.05. The summed E-state index contributed by atoms with van der Waals surface area (Å²) in [6.07, 6.45) is 0. The van der Waals surface area contributed by atoms with Crippen LogP contribution in [0.1, 0.15) is 13.8 Å². The minimum Gasteiger partial charge on any atom is -0.299 e. The number of halogens is 1. The molecule has 2 aromatic heterocycles. The van der Waals surface area contributed by atoms with Gasteiger partial charge in [-0.05, 0) is 49.6 Å². The number of aromatic nitrogens is 2. The van der Waals surface area contributed by atoms with Gasteiger partial charge in [-0.15, -0.1) is 10.2 Å². The third-order valence-corrected chi connectivity index (χ3v) is 8.28. The molecule has 26 heavy (non-hydrogen) atoms. The molecule has 0 bridgehead atoms. The summed E-state index contributed by atoms with van der Waals surface area (Å²) in [6.45, 7) is 2.75. The zero-order chi connectivity index (χ0) is 18.9. The van der Waals surface area contributed by atoms with Crippen LogP contribution in [-0.2, 0) is 14.6 Å². The number of hydrogen-bond acceptors (Lipinski definition) is 7. The normalized spacial score (nSPS) is 12.1. The molecular weight excluding hydrogens is 458 g/mol. The van der Waals surface area contributed by atoms with Crippen LogP contribution < -0.4 is 5.32 Å². The number of nitrogens with one attached hydrogen (secondary N) is 1. The fourth-order valence-corrected chi connectivity index (χ4v) is 5.15. The summed E-state index contributed by atoms with van der Waals surface area (Å²) >= 11 is 5.99. The second-order valence-corrected chi connectivity index (χ2v) is 11.0. The summed E-state index contributed by atoms with van der Waals surface area (Å²) in [7, 11) is -3.89. The van der Waals surface area contributed by atoms with E-state index in [1.807, 2.05) is 16.8 Å². The average molecular weight is 472 g/mol. The molecule has 136 valence electrons. The molecular formula is C16H14BrN3O3S3. The Kier molecular flexibility index (Phi) is 5.29. The lowest BCUT2D eigenvalue weighted by molar-refractivity contribution is -0.117. The van der Waals surface area contributed by atoms with Crippen molar-refractivity contribution >= 4 is 59.5 Å². The monoisotopic (exact) mass is 471 g/mol. The van der Waals surface area contributed by atoms with Crippen LogP contribution in [0.3, 0.4) is 0 Å². The summed E-state index contributed by atoms with van der Waals surface area (Å²) in [5, 5.41) is 15.3. The number of carbonyl (C=O) groups excluding carboxylic acids is 1. The van der Waals surface area contributed by atoms with E-state index in [2.05, 4.69) is 31.4 Å². The lowest BCUT2D eigenvalue weighted by Gasteiger charge is -2.23. The van der Waals surface area contributed by atoms with Crippen molar-refractivity contribution in [2.75, 3.05) is 5.32 Å². The second-order valence-electron chi connectivity index (χ2n) is 5.85. The summed E-state index contributed by atoms with van der Waals surface area (Å²) in [6, 6.07) is 8.08. The van der Waals surface area contributed by atoms with Gasteiger partial charge in [0.25, 0.3) is 0 Å². The van der Waals surface area contributed by atoms with Gasteiger partial charge < -0.3 is 0 Å². The Morgan fingerprint density at radius 2 is 1.85 bits per heavy atom. The molecule has 2 heterocycles. The van der Waals surface area contributed by atoms with Crippen molar-refractivity contribution in [3.05, 3.63) is 45.6 Å². The Balaban J connectivity index is 1.83. The molecule has 6 nitrogen and oxygen atoms in total. The smallest absolute Gasteiger partial charge is 0.247 e. The van der Waals surface area contributed by atoms with Gasteiger partial charge in [0.2, 0.25) is 11.0 Å². The Morgan fingerprint density at radius 3 is 2.46 bits per heavy atom. The molecule has 10 heteroatoms. The maximum atomic E-state index is 12.9. The Labute approximate surface area is 167 Å². The minimum absolute atomic E-state index is 0.0806. The lowest BCUT2D eigenvalue weighted by Crippen LogP contribution is -2.44. The molecule has 0 saturated carbocycles. The van der Waals surface area contributed by atoms with Crippen LogP contribution in [0.25, 0.3) is 10.6 Å². The number of nitrogens with zero attached hydrogens (tertiary/aromatic N) is 2. The average Bonchev–Trinajstić information content (AvgIpc) is 3.26. The van der Waals surface area contributed by atoms with Crippen LogP contribution in [-0.4, -0.2) is 29.3 Å². The first kappa shape index (κ1) is 19.2. The Hall–Kier alpha value is -1.62. The van der Waals surface area contributed by atoms with Crippen molar-refractivity contribution in [1.82, 2.24) is 10.2 Å². The molecule has 0 fully saturated rings. The number of rotatable bonds is 5. The van der Waals surface area contributed by atoms with Crippen molar-refractivity contribution in [2.24, 2.45) is 0 Å². The molecule has 1 amide bonds. The molecule has 1 aromatic carbocycles. The van der Waals surface area contributed by atoms with Gasteiger partial charge in [0.1, 0.15) is 9.75 Å². The van der Waals surface area contributed by atoms with E-state index in [9.17, 15) is 13.2 Å². The van der Waals surface area contributed by atoms with Gasteiger partial charge >= 0.3 is 0 Å². The summed E-state index contributed by atoms with van der Waals surface area (Å²) < 4.78 is 24.8. The summed E-state index contributed by atoms with van der Waals surface area (Å²) in [5.74, 6) is -0.659. The Morgan fingerprint density at radius 1 is 1.15 bits per heavy atom. The molecule has 0 radical (unpaired) electrons. The van der Waals surface area contributed by atoms with Crippen LogP contribution >= 0.6 is 38.6 Å². The van der Waals surface area contributed by atoms with E-state index in [1.54, 1.807) is 12.1 Å². The third kappa shape index (κ3) is 3.59. The number of benzene rings is 1. The first-order valence-corrected chi connectivity index (χ1v) is 11.4. The molecule has 0 aliphatic carbocycles. The van der Waals surface area contributed by atoms with Gasteiger partial charge in [-0.3, -0.25) is 10.1 Å². The number of amides is 1. The van der Waals surface area contributed by atoms with Crippen molar-refractivity contribution in [3.8, 4) is 10.6 Å². The molecule has 1 N–H and O–H groups in total. The maximum absolute atomic E-state index is 12.9. The number of hydrogen-bond donors (Lipinski definition) is 1. The SMILES string of the molecule is CC(C)(C(=O)Nc1nnc(-c2ccsc2)s1)S(=O)(=O)c1ccc(Br)cc1. The standard InChI is InChI=1S/C16H14BrN3O3S3/c1-16(2,26(22,23)12-5-3-11(17)4-6-12)14(21)18-15-20-19-13(25-15)10-7-8-24-9-10/h3-9H,1-2H3,(H,18,20,21). The number of carbonyl (C=O) groups is 1. The van der Waals surface area contributed by atoms with Gasteiger partial charge in [0.15, 0.2) is 9.84 Å². The van der Waals surface area contributed by atoms with Gasteiger partial charge in [-0.25, -0.2) is 8.42 Å². The minimum atomic E-state index is -3.89. The van der Waals surface area contributed by atoms with E-state index in [-0.39, 0.29) is 10.0 Å². The fraction of sp³-hybridized carbons (Fsp3) is 0.188. The summed E-state index contributed by atoms with van der Waals surface area (Å²) in [4.78, 5) is 12.7. The predicted molar refractivity (Wildman–Crippen MR) is 107 cm³/mol. The Bertz CT molecular complexity index is 1030. The van der Waals surface area contributed by atoms with E-state index < -0.39 is 20.5 Å². The van der Waals surface area contributed by atoms with Crippen LogP contribution in [0.2, 0.25) is 0 Å². The zero-order valence-corrected chi connectivity index (χ0v) is 17.8. The molecule has 3 rings (SSSR count). The van der Waals surface area contributed by atoms with Crippen molar-refractivity contribution < 1.29 is 13.2 Å². The molecule has 0 unspecified atom stereocenters. The van der Waals surface area contributed by atoms with Crippen LogP contribution in [0.4, 0.5) is 5.13 Å². The van der Waals surface area contributed by atoms with Crippen LogP contribution in [0.15, 0.2) is 50.5 Å². The molecule has 0 atom stereocenters. The third-order valence-electron chi connectivity index (χ3n) is 3.76. The number of sulfone groups is 1. The highest BCUT2D eigenvalue weighted by Crippen LogP contribution is 2.31. The van der Waals surface area contributed by atoms with E-state index in [1.165, 1.54) is 48.7 Å². The van der Waals surface area contributed by atoms with Gasteiger partial charge in [-0.2, -0.15) is 11.3 Å². The molecule has 0 aliphatic heterocycles. The van der Waals surface area contributed by atoms with E-state index in [0.29, 0.717) is 5.01 Å². The highest BCUT2D eigenvalue weighted by Gasteiger charge is 2.43. The van der Waals surface area contributed by atoms with Crippen molar-refractivity contribution in [3.63, 3.8) is 0 Å². The topological polar surface area (TPSA) is 89.0 Å². The largest absolute Gasteiger partial charge is 0.299 e. The van der Waals surface area contributed by atoms with Crippen LogP contribution in [0.5, 0.6) is 0 Å². The van der Waals surface area contributed by atoms with E-state index >= 15 is 0 Å². The number of thiophene rings is 1. The maximum Gasteiger partial charge on any atom is 0.247 e. The predicted octanol–water partition coefficient (Wildman–Crippen LogP) is 4.22. The van der Waals surface area contributed by atoms with E-state index in [0.717, 1.165) is 10.0 Å². The first-order valence-electron chi connectivity index (χ1n) is 7.39. The number of anilines is 1. The molecule has 0 aliphatic rings. The lowest BCUT2D eigenvalue weighted by atomic mass is 10.2. The molecule has 0 saturated heterocycles. The molecule has 0 spiro atoms. The quantitative estimate of drug-likeness (QED) is 0.601. The molecule has 3 aromatic rings. The highest BCUT2D eigenvalue weighted by atomic mass is 79.9. The van der Waals surface area contributed by atoms with Crippen LogP contribution in [0, 0.1) is 0 Å². The first-order chi connectivity index (χ1) is 12.2. The van der Waals surface area contributed by atoms with Gasteiger partial charge in [0, 0.05) is 15.4 Å². The zero-order valence-electron chi connectivity index (χ0n) is 13.8. The van der Waals surface area contributed by atoms with Gasteiger partial charge in [-0.1, -0.05) is 27.3 Å².